The van der Waals surface area contributed by atoms with Gasteiger partial charge in [-0.1, -0.05) is 0 Å². The molecule has 1 aromatic heterocycles. The summed E-state index contributed by atoms with van der Waals surface area (Å²) in [5.41, 5.74) is -1.13. The van der Waals surface area contributed by atoms with Crippen molar-refractivity contribution in [3.8, 4) is 6.07 Å². The highest BCUT2D eigenvalue weighted by atomic mass is 16.5. The van der Waals surface area contributed by atoms with Gasteiger partial charge < -0.3 is 4.74 Å². The molecule has 6 nitrogen and oxygen atoms in total. The molecule has 0 radical (unpaired) electrons. The lowest BCUT2D eigenvalue weighted by atomic mass is 9.89. The molecule has 1 aliphatic carbocycles. The maximum atomic E-state index is 11.6. The van der Waals surface area contributed by atoms with Crippen molar-refractivity contribution in [2.45, 2.75) is 31.9 Å². The van der Waals surface area contributed by atoms with E-state index in [-0.39, 0.29) is 17.7 Å². The largest absolute Gasteiger partial charge is 0.378 e. The fraction of sp³-hybridized carbons (Fsp3) is 0.545. The Hall–Kier alpha value is -1.87. The molecule has 0 amide bonds. The molecule has 0 unspecified atom stereocenters. The summed E-state index contributed by atoms with van der Waals surface area (Å²) < 4.78 is 6.81. The van der Waals surface area contributed by atoms with Crippen LogP contribution in [0.3, 0.4) is 0 Å². The van der Waals surface area contributed by atoms with Gasteiger partial charge in [0.15, 0.2) is 0 Å². The van der Waals surface area contributed by atoms with Crippen LogP contribution in [-0.2, 0) is 4.74 Å². The summed E-state index contributed by atoms with van der Waals surface area (Å²) in [6.45, 7) is 2.58. The Labute approximate surface area is 97.5 Å². The van der Waals surface area contributed by atoms with E-state index in [9.17, 15) is 9.59 Å². The Bertz CT molecular complexity index is 561. The number of nitrogens with zero attached hydrogens (tertiary/aromatic N) is 2. The van der Waals surface area contributed by atoms with Crippen molar-refractivity contribution in [1.82, 2.24) is 9.55 Å². The standard InChI is InChI=1S/C11H13N3O3/c1-2-17-9-3-8(4-9)14-6-7(5-12)10(15)13-11(14)16/h6,8-9H,2-4H2,1H3,(H,13,15,16). The predicted octanol–water partition coefficient (Wildman–Crippen LogP) is 0.148. The third-order valence-corrected chi connectivity index (χ3v) is 2.95. The molecule has 0 aromatic carbocycles. The minimum atomic E-state index is -0.630. The van der Waals surface area contributed by atoms with Crippen molar-refractivity contribution in [2.24, 2.45) is 0 Å². The highest BCUT2D eigenvalue weighted by Gasteiger charge is 2.31. The molecule has 0 spiro atoms. The molecule has 1 fully saturated rings. The predicted molar refractivity (Wildman–Crippen MR) is 59.7 cm³/mol. The van der Waals surface area contributed by atoms with E-state index in [2.05, 4.69) is 4.98 Å². The zero-order chi connectivity index (χ0) is 12.4. The van der Waals surface area contributed by atoms with Crippen LogP contribution in [0.4, 0.5) is 0 Å². The number of aromatic nitrogens is 2. The van der Waals surface area contributed by atoms with Crippen molar-refractivity contribution in [3.05, 3.63) is 32.6 Å². The van der Waals surface area contributed by atoms with Gasteiger partial charge in [-0.3, -0.25) is 14.3 Å². The smallest absolute Gasteiger partial charge is 0.328 e. The van der Waals surface area contributed by atoms with Crippen LogP contribution in [0.1, 0.15) is 31.4 Å². The van der Waals surface area contributed by atoms with Gasteiger partial charge in [0.1, 0.15) is 11.6 Å². The summed E-state index contributed by atoms with van der Waals surface area (Å²) in [5, 5.41) is 8.73. The van der Waals surface area contributed by atoms with Crippen molar-refractivity contribution < 1.29 is 4.74 Å². The molecule has 1 heterocycles. The first-order valence-electron chi connectivity index (χ1n) is 5.53. The van der Waals surface area contributed by atoms with E-state index >= 15 is 0 Å². The minimum absolute atomic E-state index is 0.0167. The van der Waals surface area contributed by atoms with Gasteiger partial charge in [0.2, 0.25) is 0 Å². The summed E-state index contributed by atoms with van der Waals surface area (Å²) >= 11 is 0. The number of H-pyrrole nitrogens is 1. The Morgan fingerprint density at radius 3 is 2.88 bits per heavy atom. The molecular weight excluding hydrogens is 222 g/mol. The molecule has 17 heavy (non-hydrogen) atoms. The fourth-order valence-corrected chi connectivity index (χ4v) is 1.97. The van der Waals surface area contributed by atoms with Gasteiger partial charge in [0.25, 0.3) is 5.56 Å². The fourth-order valence-electron chi connectivity index (χ4n) is 1.97. The van der Waals surface area contributed by atoms with Crippen LogP contribution in [-0.4, -0.2) is 22.3 Å². The number of aromatic amines is 1. The van der Waals surface area contributed by atoms with Crippen molar-refractivity contribution in [1.29, 1.82) is 5.26 Å². The summed E-state index contributed by atoms with van der Waals surface area (Å²) in [5.74, 6) is 0. The SMILES string of the molecule is CCOC1CC(n2cc(C#N)c(=O)[nH]c2=O)C1. The van der Waals surface area contributed by atoms with Crippen LogP contribution >= 0.6 is 0 Å². The average Bonchev–Trinajstić information content (AvgIpc) is 2.24. The van der Waals surface area contributed by atoms with Gasteiger partial charge in [-0.25, -0.2) is 4.79 Å². The van der Waals surface area contributed by atoms with Crippen molar-refractivity contribution in [2.75, 3.05) is 6.61 Å². The summed E-state index contributed by atoms with van der Waals surface area (Å²) in [6, 6.07) is 1.78. The van der Waals surface area contributed by atoms with Crippen LogP contribution in [0.25, 0.3) is 0 Å². The molecule has 2 rings (SSSR count). The Morgan fingerprint density at radius 1 is 1.59 bits per heavy atom. The molecule has 1 N–H and O–H groups in total. The molecule has 1 aromatic rings. The first-order valence-corrected chi connectivity index (χ1v) is 5.53. The molecule has 6 heteroatoms. The number of nitriles is 1. The zero-order valence-electron chi connectivity index (χ0n) is 9.47. The molecule has 1 aliphatic rings. The average molecular weight is 235 g/mol. The van der Waals surface area contributed by atoms with Crippen LogP contribution < -0.4 is 11.2 Å². The second-order valence-electron chi connectivity index (χ2n) is 4.02. The lowest BCUT2D eigenvalue weighted by molar-refractivity contribution is -0.0208. The van der Waals surface area contributed by atoms with Crippen molar-refractivity contribution in [3.63, 3.8) is 0 Å². The summed E-state index contributed by atoms with van der Waals surface area (Å²) in [7, 11) is 0. The van der Waals surface area contributed by atoms with E-state index in [1.54, 1.807) is 6.07 Å². The summed E-state index contributed by atoms with van der Waals surface area (Å²) in [6.07, 6.45) is 2.98. The van der Waals surface area contributed by atoms with Gasteiger partial charge in [0, 0.05) is 18.8 Å². The minimum Gasteiger partial charge on any atom is -0.378 e. The lowest BCUT2D eigenvalue weighted by Gasteiger charge is -2.35. The maximum Gasteiger partial charge on any atom is 0.328 e. The van der Waals surface area contributed by atoms with Crippen LogP contribution in [0.2, 0.25) is 0 Å². The van der Waals surface area contributed by atoms with E-state index in [1.807, 2.05) is 6.92 Å². The van der Waals surface area contributed by atoms with E-state index < -0.39 is 11.2 Å². The number of hydrogen-bond donors (Lipinski definition) is 1. The molecule has 1 saturated carbocycles. The zero-order valence-corrected chi connectivity index (χ0v) is 9.47. The van der Waals surface area contributed by atoms with Gasteiger partial charge >= 0.3 is 5.69 Å². The van der Waals surface area contributed by atoms with Crippen LogP contribution in [0.5, 0.6) is 0 Å². The van der Waals surface area contributed by atoms with E-state index in [4.69, 9.17) is 10.00 Å². The number of nitrogens with one attached hydrogen (secondary N) is 1. The quantitative estimate of drug-likeness (QED) is 0.807. The van der Waals surface area contributed by atoms with Crippen molar-refractivity contribution >= 4 is 0 Å². The molecule has 0 saturated heterocycles. The van der Waals surface area contributed by atoms with Gasteiger partial charge in [-0.05, 0) is 19.8 Å². The number of ether oxygens (including phenoxy) is 1. The second kappa shape index (κ2) is 4.55. The van der Waals surface area contributed by atoms with Gasteiger partial charge in [-0.2, -0.15) is 5.26 Å². The Kier molecular flexibility index (Phi) is 3.11. The Morgan fingerprint density at radius 2 is 2.29 bits per heavy atom. The first-order chi connectivity index (χ1) is 8.15. The van der Waals surface area contributed by atoms with Gasteiger partial charge in [0.05, 0.1) is 6.10 Å². The number of hydrogen-bond acceptors (Lipinski definition) is 4. The molecule has 0 atom stereocenters. The topological polar surface area (TPSA) is 87.9 Å². The maximum absolute atomic E-state index is 11.6. The van der Waals surface area contributed by atoms with E-state index in [0.29, 0.717) is 6.61 Å². The number of rotatable bonds is 3. The Balaban J connectivity index is 2.21. The van der Waals surface area contributed by atoms with Crippen LogP contribution in [0, 0.1) is 11.3 Å². The molecule has 90 valence electrons. The second-order valence-corrected chi connectivity index (χ2v) is 4.02. The van der Waals surface area contributed by atoms with E-state index in [0.717, 1.165) is 12.8 Å². The molecular formula is C11H13N3O3. The summed E-state index contributed by atoms with van der Waals surface area (Å²) in [4.78, 5) is 24.9. The first kappa shape index (κ1) is 11.6. The van der Waals surface area contributed by atoms with Crippen LogP contribution in [0.15, 0.2) is 15.8 Å². The lowest BCUT2D eigenvalue weighted by Crippen LogP contribution is -2.41. The van der Waals surface area contributed by atoms with Gasteiger partial charge in [-0.15, -0.1) is 0 Å². The molecule has 0 aliphatic heterocycles. The highest BCUT2D eigenvalue weighted by Crippen LogP contribution is 2.33. The molecule has 0 bridgehead atoms. The third kappa shape index (κ3) is 2.15. The monoisotopic (exact) mass is 235 g/mol. The normalized spacial score (nSPS) is 22.8. The van der Waals surface area contributed by atoms with E-state index in [1.165, 1.54) is 10.8 Å². The third-order valence-electron chi connectivity index (χ3n) is 2.95. The highest BCUT2D eigenvalue weighted by molar-refractivity contribution is 5.22.